The molecule has 0 spiro atoms. The van der Waals surface area contributed by atoms with Crippen molar-refractivity contribution in [1.82, 2.24) is 10.2 Å². The zero-order valence-electron chi connectivity index (χ0n) is 10.9. The Morgan fingerprint density at radius 1 is 1.32 bits per heavy atom. The van der Waals surface area contributed by atoms with Gasteiger partial charge in [-0.2, -0.15) is 0 Å². The summed E-state index contributed by atoms with van der Waals surface area (Å²) in [6.07, 6.45) is 4.86. The Bertz CT molecular complexity index is 380. The standard InChI is InChI=1S/C13H20N2O3S/c16-11(6-9-2-1-5-14-9)15-10(13(17)18)7-19-12(15)8-3-4-8/h8-10,12,14H,1-7H2,(H,17,18). The Kier molecular flexibility index (Phi) is 3.71. The Morgan fingerprint density at radius 3 is 2.68 bits per heavy atom. The molecular weight excluding hydrogens is 264 g/mol. The largest absolute Gasteiger partial charge is 0.480 e. The maximum Gasteiger partial charge on any atom is 0.327 e. The van der Waals surface area contributed by atoms with Crippen LogP contribution >= 0.6 is 11.8 Å². The zero-order chi connectivity index (χ0) is 13.4. The van der Waals surface area contributed by atoms with E-state index < -0.39 is 12.0 Å². The van der Waals surface area contributed by atoms with Gasteiger partial charge in [0, 0.05) is 18.2 Å². The van der Waals surface area contributed by atoms with Crippen molar-refractivity contribution in [2.45, 2.75) is 49.6 Å². The molecule has 1 aliphatic carbocycles. The number of aliphatic carboxylic acids is 1. The molecule has 1 amide bonds. The highest BCUT2D eigenvalue weighted by molar-refractivity contribution is 8.00. The van der Waals surface area contributed by atoms with Crippen molar-refractivity contribution in [2.24, 2.45) is 5.92 Å². The number of thioether (sulfide) groups is 1. The third-order valence-corrected chi connectivity index (χ3v) is 5.68. The fourth-order valence-corrected chi connectivity index (χ4v) is 4.68. The van der Waals surface area contributed by atoms with E-state index in [4.69, 9.17) is 0 Å². The van der Waals surface area contributed by atoms with Crippen LogP contribution < -0.4 is 5.32 Å². The number of carbonyl (C=O) groups is 2. The van der Waals surface area contributed by atoms with Crippen LogP contribution in [0.3, 0.4) is 0 Å². The van der Waals surface area contributed by atoms with Crippen molar-refractivity contribution >= 4 is 23.6 Å². The van der Waals surface area contributed by atoms with Crippen molar-refractivity contribution in [1.29, 1.82) is 0 Å². The van der Waals surface area contributed by atoms with E-state index >= 15 is 0 Å². The summed E-state index contributed by atoms with van der Waals surface area (Å²) in [5.74, 6) is 0.229. The van der Waals surface area contributed by atoms with Crippen LogP contribution in [0, 0.1) is 5.92 Å². The van der Waals surface area contributed by atoms with Crippen molar-refractivity contribution in [3.63, 3.8) is 0 Å². The van der Waals surface area contributed by atoms with E-state index in [1.54, 1.807) is 16.7 Å². The molecule has 3 aliphatic rings. The summed E-state index contributed by atoms with van der Waals surface area (Å²) < 4.78 is 0. The van der Waals surface area contributed by atoms with Crippen molar-refractivity contribution in [2.75, 3.05) is 12.3 Å². The van der Waals surface area contributed by atoms with Gasteiger partial charge in [-0.25, -0.2) is 4.79 Å². The number of hydrogen-bond acceptors (Lipinski definition) is 4. The number of rotatable bonds is 4. The molecule has 0 aromatic rings. The van der Waals surface area contributed by atoms with Crippen LogP contribution in [0.1, 0.15) is 32.1 Å². The predicted octanol–water partition coefficient (Wildman–Crippen LogP) is 0.893. The van der Waals surface area contributed by atoms with E-state index in [1.165, 1.54) is 0 Å². The number of carboxylic acid groups (broad SMARTS) is 1. The molecule has 2 saturated heterocycles. The van der Waals surface area contributed by atoms with Crippen LogP contribution in [0.5, 0.6) is 0 Å². The summed E-state index contributed by atoms with van der Waals surface area (Å²) in [4.78, 5) is 25.5. The second-order valence-corrected chi connectivity index (χ2v) is 6.86. The van der Waals surface area contributed by atoms with E-state index in [2.05, 4.69) is 5.32 Å². The van der Waals surface area contributed by atoms with Gasteiger partial charge < -0.3 is 15.3 Å². The second-order valence-electron chi connectivity index (χ2n) is 5.71. The van der Waals surface area contributed by atoms with Gasteiger partial charge in [-0.1, -0.05) is 0 Å². The van der Waals surface area contributed by atoms with Crippen LogP contribution in [0.15, 0.2) is 0 Å². The van der Waals surface area contributed by atoms with Crippen LogP contribution in [-0.2, 0) is 9.59 Å². The zero-order valence-corrected chi connectivity index (χ0v) is 11.7. The summed E-state index contributed by atoms with van der Waals surface area (Å²) in [6.45, 7) is 0.973. The molecule has 5 nitrogen and oxygen atoms in total. The van der Waals surface area contributed by atoms with Gasteiger partial charge in [0.05, 0.1) is 5.37 Å². The van der Waals surface area contributed by atoms with Crippen molar-refractivity contribution < 1.29 is 14.7 Å². The lowest BCUT2D eigenvalue weighted by molar-refractivity contribution is -0.149. The van der Waals surface area contributed by atoms with Crippen molar-refractivity contribution in [3.05, 3.63) is 0 Å². The van der Waals surface area contributed by atoms with Gasteiger partial charge in [-0.15, -0.1) is 11.8 Å². The second kappa shape index (κ2) is 5.32. The van der Waals surface area contributed by atoms with Gasteiger partial charge >= 0.3 is 5.97 Å². The molecular formula is C13H20N2O3S. The van der Waals surface area contributed by atoms with Gasteiger partial charge in [-0.05, 0) is 38.1 Å². The van der Waals surface area contributed by atoms with Crippen molar-refractivity contribution in [3.8, 4) is 0 Å². The molecule has 3 fully saturated rings. The minimum absolute atomic E-state index is 0.0219. The fraction of sp³-hybridized carbons (Fsp3) is 0.846. The SMILES string of the molecule is O=C(O)C1CSC(C2CC2)N1C(=O)CC1CCCN1. The quantitative estimate of drug-likeness (QED) is 0.802. The summed E-state index contributed by atoms with van der Waals surface area (Å²) in [7, 11) is 0. The highest BCUT2D eigenvalue weighted by atomic mass is 32.2. The van der Waals surface area contributed by atoms with E-state index in [0.29, 0.717) is 18.1 Å². The van der Waals surface area contributed by atoms with Gasteiger partial charge in [0.2, 0.25) is 5.91 Å². The third kappa shape index (κ3) is 2.74. The Labute approximate surface area is 117 Å². The normalized spacial score (nSPS) is 34.7. The molecule has 0 radical (unpaired) electrons. The van der Waals surface area contributed by atoms with Gasteiger partial charge in [-0.3, -0.25) is 4.79 Å². The van der Waals surface area contributed by atoms with Gasteiger partial charge in [0.1, 0.15) is 6.04 Å². The van der Waals surface area contributed by atoms with E-state index in [-0.39, 0.29) is 17.3 Å². The summed E-state index contributed by atoms with van der Waals surface area (Å²) in [6, 6.07) is -0.378. The summed E-state index contributed by atoms with van der Waals surface area (Å²) >= 11 is 1.65. The van der Waals surface area contributed by atoms with Crippen LogP contribution in [0.25, 0.3) is 0 Å². The predicted molar refractivity (Wildman–Crippen MR) is 72.9 cm³/mol. The lowest BCUT2D eigenvalue weighted by Crippen LogP contribution is -2.47. The van der Waals surface area contributed by atoms with Gasteiger partial charge in [0.15, 0.2) is 0 Å². The van der Waals surface area contributed by atoms with Gasteiger partial charge in [0.25, 0.3) is 0 Å². The minimum atomic E-state index is -0.858. The first-order valence-corrected chi connectivity index (χ1v) is 8.10. The number of nitrogens with zero attached hydrogens (tertiary/aromatic N) is 1. The van der Waals surface area contributed by atoms with Crippen LogP contribution in [0.4, 0.5) is 0 Å². The van der Waals surface area contributed by atoms with E-state index in [9.17, 15) is 14.7 Å². The first-order valence-electron chi connectivity index (χ1n) is 7.06. The molecule has 6 heteroatoms. The first-order chi connectivity index (χ1) is 9.16. The average molecular weight is 284 g/mol. The monoisotopic (exact) mass is 284 g/mol. The molecule has 19 heavy (non-hydrogen) atoms. The van der Waals surface area contributed by atoms with E-state index in [0.717, 1.165) is 32.2 Å². The molecule has 2 N–H and O–H groups in total. The molecule has 106 valence electrons. The number of carboxylic acids is 1. The first kappa shape index (κ1) is 13.2. The molecule has 0 bridgehead atoms. The average Bonchev–Trinajstić information content (AvgIpc) is 2.91. The number of carbonyl (C=O) groups excluding carboxylic acids is 1. The summed E-state index contributed by atoms with van der Waals surface area (Å²) in [5.41, 5.74) is 0. The topological polar surface area (TPSA) is 69.6 Å². The number of hydrogen-bond donors (Lipinski definition) is 2. The third-order valence-electron chi connectivity index (χ3n) is 4.22. The molecule has 3 unspecified atom stereocenters. The molecule has 3 rings (SSSR count). The maximum absolute atomic E-state index is 12.5. The smallest absolute Gasteiger partial charge is 0.327 e. The molecule has 2 aliphatic heterocycles. The number of amides is 1. The highest BCUT2D eigenvalue weighted by Gasteiger charge is 2.48. The Morgan fingerprint density at radius 2 is 2.11 bits per heavy atom. The molecule has 1 saturated carbocycles. The van der Waals surface area contributed by atoms with Crippen LogP contribution in [-0.4, -0.2) is 51.6 Å². The lowest BCUT2D eigenvalue weighted by Gasteiger charge is -2.28. The number of nitrogens with one attached hydrogen (secondary N) is 1. The molecule has 0 aromatic carbocycles. The molecule has 3 atom stereocenters. The Balaban J connectivity index is 1.69. The highest BCUT2D eigenvalue weighted by Crippen LogP contribution is 2.45. The van der Waals surface area contributed by atoms with Crippen LogP contribution in [0.2, 0.25) is 0 Å². The maximum atomic E-state index is 12.5. The summed E-state index contributed by atoms with van der Waals surface area (Å²) in [5, 5.41) is 12.7. The Hall–Kier alpha value is -0.750. The fourth-order valence-electron chi connectivity index (χ4n) is 3.03. The van der Waals surface area contributed by atoms with E-state index in [1.807, 2.05) is 0 Å². The minimum Gasteiger partial charge on any atom is -0.480 e. The molecule has 0 aromatic heterocycles. The lowest BCUT2D eigenvalue weighted by atomic mass is 10.1. The molecule has 2 heterocycles.